The molecule has 0 fully saturated rings. The summed E-state index contributed by atoms with van der Waals surface area (Å²) in [5.41, 5.74) is 9.42. The van der Waals surface area contributed by atoms with Crippen molar-refractivity contribution >= 4 is 56.9 Å². The van der Waals surface area contributed by atoms with Crippen molar-refractivity contribution < 1.29 is 20.3 Å². The molecule has 188 valence electrons. The van der Waals surface area contributed by atoms with Crippen LogP contribution in [0.4, 0.5) is 0 Å². The fourth-order valence-electron chi connectivity index (χ4n) is 8.58. The van der Waals surface area contributed by atoms with Gasteiger partial charge in [-0.15, -0.1) is 0 Å². The molecule has 4 aromatic rings. The summed E-state index contributed by atoms with van der Waals surface area (Å²) in [5.74, 6) is 0. The molecular weight excluding hydrogens is 687 g/mol. The Morgan fingerprint density at radius 1 is 0.553 bits per heavy atom. The van der Waals surface area contributed by atoms with E-state index in [9.17, 15) is 0 Å². The molecule has 4 heteroatoms. The number of benzene rings is 4. The third-order valence-electron chi connectivity index (χ3n) is 9.53. The van der Waals surface area contributed by atoms with Gasteiger partial charge in [0, 0.05) is 0 Å². The Morgan fingerprint density at radius 2 is 0.947 bits per heavy atom. The molecule has 4 bridgehead atoms. The zero-order chi connectivity index (χ0) is 26.4. The normalized spacial score (nSPS) is 22.2. The Kier molecular flexibility index (Phi) is 5.99. The van der Waals surface area contributed by atoms with Crippen LogP contribution < -0.4 is 6.54 Å². The number of hydrogen-bond acceptors (Lipinski definition) is 0. The molecule has 2 atom stereocenters. The van der Waals surface area contributed by atoms with Gasteiger partial charge in [-0.25, -0.2) is 0 Å². The topological polar surface area (TPSA) is 0 Å². The van der Waals surface area contributed by atoms with Crippen LogP contribution >= 0.6 is 31.9 Å². The van der Waals surface area contributed by atoms with Gasteiger partial charge in [-0.05, 0) is 0 Å². The fraction of sp³-hybridized carbons (Fsp3) is 0.176. The first-order valence-corrected chi connectivity index (χ1v) is 23.3. The van der Waals surface area contributed by atoms with E-state index in [0.717, 1.165) is 0 Å². The molecule has 7 rings (SSSR count). The van der Waals surface area contributed by atoms with E-state index < -0.39 is 28.3 Å². The van der Waals surface area contributed by atoms with Crippen molar-refractivity contribution in [3.8, 4) is 0 Å². The van der Waals surface area contributed by atoms with Gasteiger partial charge in [0.15, 0.2) is 0 Å². The molecule has 1 heterocycles. The van der Waals surface area contributed by atoms with Gasteiger partial charge in [0.25, 0.3) is 0 Å². The van der Waals surface area contributed by atoms with Crippen molar-refractivity contribution in [2.45, 2.75) is 34.2 Å². The summed E-state index contributed by atoms with van der Waals surface area (Å²) >= 11 is 4.40. The molecule has 2 aliphatic carbocycles. The standard InChI is InChI=1S/C22H20Br2Si.2C6H5.Zr/c1-13-11-15-7-5-9-17(23)19(15)21(13)25(3,4)22-14(2)12-16-8-6-10-18(24)20(16)22;2*1-2-4-6-5-3-1;/h5-12H,1-4H3;2*1-5H;. The number of fused-ring (bicyclic) bond motifs is 8. The van der Waals surface area contributed by atoms with E-state index >= 15 is 0 Å². The quantitative estimate of drug-likeness (QED) is 0.182. The van der Waals surface area contributed by atoms with Crippen molar-refractivity contribution in [1.82, 2.24) is 0 Å². The average molecular weight is 718 g/mol. The third kappa shape index (κ3) is 3.15. The number of allylic oxidation sites excluding steroid dienone is 2. The van der Waals surface area contributed by atoms with E-state index in [1.165, 1.54) is 20.1 Å². The first-order valence-electron chi connectivity index (χ1n) is 13.4. The molecule has 0 radical (unpaired) electrons. The predicted octanol–water partition coefficient (Wildman–Crippen LogP) is 9.17. The Labute approximate surface area is 248 Å². The van der Waals surface area contributed by atoms with Crippen molar-refractivity contribution in [2.75, 3.05) is 0 Å². The SMILES string of the molecule is CC1=C2c3c(Br)cccc3[CH]1[Zr]([c]1ccccc1)([c]1ccccc1)[CH]1C(C)=C(c3c(Br)cccc31)[Si]2(C)C. The first-order chi connectivity index (χ1) is 18.3. The van der Waals surface area contributed by atoms with Crippen LogP contribution in [0.2, 0.25) is 13.1 Å². The molecule has 0 N–H and O–H groups in total. The van der Waals surface area contributed by atoms with Gasteiger partial charge in [-0.3, -0.25) is 0 Å². The second-order valence-electron chi connectivity index (χ2n) is 11.6. The zero-order valence-corrected chi connectivity index (χ0v) is 28.8. The molecule has 2 unspecified atom stereocenters. The van der Waals surface area contributed by atoms with E-state index in [1.807, 2.05) is 0 Å². The minimum atomic E-state index is -3.73. The van der Waals surface area contributed by atoms with Crippen LogP contribution in [0, 0.1) is 0 Å². The van der Waals surface area contributed by atoms with Gasteiger partial charge in [-0.1, -0.05) is 0 Å². The Bertz CT molecular complexity index is 1560. The van der Waals surface area contributed by atoms with Crippen molar-refractivity contribution in [1.29, 1.82) is 0 Å². The van der Waals surface area contributed by atoms with Crippen LogP contribution in [0.25, 0.3) is 10.4 Å². The van der Waals surface area contributed by atoms with Crippen LogP contribution in [-0.4, -0.2) is 8.07 Å². The maximum absolute atomic E-state index is 4.06. The molecule has 1 aliphatic heterocycles. The zero-order valence-electron chi connectivity index (χ0n) is 22.1. The molecule has 0 nitrogen and oxygen atoms in total. The number of rotatable bonds is 2. The maximum atomic E-state index is 4.06. The van der Waals surface area contributed by atoms with E-state index in [4.69, 9.17) is 0 Å². The Hall–Kier alpha value is -1.58. The number of halogens is 2. The summed E-state index contributed by atoms with van der Waals surface area (Å²) in [5, 5.41) is 3.32. The van der Waals surface area contributed by atoms with Gasteiger partial charge >= 0.3 is 251 Å². The molecule has 0 aromatic heterocycles. The Morgan fingerprint density at radius 3 is 1.34 bits per heavy atom. The molecule has 0 amide bonds. The second kappa shape index (κ2) is 8.96. The minimum absolute atomic E-state index is 0.440. The van der Waals surface area contributed by atoms with Gasteiger partial charge in [-0.2, -0.15) is 0 Å². The fourth-order valence-corrected chi connectivity index (χ4v) is 31.4. The van der Waals surface area contributed by atoms with E-state index in [1.54, 1.807) is 39.2 Å². The van der Waals surface area contributed by atoms with Crippen LogP contribution in [0.3, 0.4) is 0 Å². The molecule has 4 aromatic carbocycles. The number of hydrogen-bond donors (Lipinski definition) is 0. The Balaban J connectivity index is 1.76. The van der Waals surface area contributed by atoms with Crippen molar-refractivity contribution in [3.63, 3.8) is 0 Å². The van der Waals surface area contributed by atoms with Crippen molar-refractivity contribution in [3.05, 3.63) is 139 Å². The summed E-state index contributed by atoms with van der Waals surface area (Å²) in [6, 6.07) is 37.4. The van der Waals surface area contributed by atoms with Crippen LogP contribution in [0.5, 0.6) is 0 Å². The summed E-state index contributed by atoms with van der Waals surface area (Å²) < 4.78 is 6.60. The summed E-state index contributed by atoms with van der Waals surface area (Å²) in [6.45, 7) is 10.2. The van der Waals surface area contributed by atoms with Gasteiger partial charge in [0.05, 0.1) is 0 Å². The summed E-state index contributed by atoms with van der Waals surface area (Å²) in [7, 11) is -2.07. The molecular formula is C34H30Br2SiZr. The van der Waals surface area contributed by atoms with Crippen LogP contribution in [-0.2, 0) is 20.3 Å². The van der Waals surface area contributed by atoms with Gasteiger partial charge < -0.3 is 0 Å². The van der Waals surface area contributed by atoms with Crippen LogP contribution in [0.1, 0.15) is 43.4 Å². The van der Waals surface area contributed by atoms with Gasteiger partial charge in [0.2, 0.25) is 0 Å². The molecule has 38 heavy (non-hydrogen) atoms. The van der Waals surface area contributed by atoms with E-state index in [-0.39, 0.29) is 0 Å². The average Bonchev–Trinajstić information content (AvgIpc) is 3.41. The molecule has 0 saturated heterocycles. The van der Waals surface area contributed by atoms with E-state index in [0.29, 0.717) is 7.25 Å². The third-order valence-corrected chi connectivity index (χ3v) is 29.1. The summed E-state index contributed by atoms with van der Waals surface area (Å²) in [6.07, 6.45) is 0. The van der Waals surface area contributed by atoms with Crippen molar-refractivity contribution in [2.24, 2.45) is 0 Å². The molecule has 0 spiro atoms. The van der Waals surface area contributed by atoms with Gasteiger partial charge in [0.1, 0.15) is 0 Å². The van der Waals surface area contributed by atoms with E-state index in [2.05, 4.69) is 156 Å². The summed E-state index contributed by atoms with van der Waals surface area (Å²) in [4.78, 5) is 0. The monoisotopic (exact) mass is 714 g/mol. The van der Waals surface area contributed by atoms with Crippen LogP contribution in [0.15, 0.2) is 117 Å². The predicted molar refractivity (Wildman–Crippen MR) is 169 cm³/mol. The molecule has 3 aliphatic rings. The first kappa shape index (κ1) is 25.4. The molecule has 0 saturated carbocycles. The second-order valence-corrected chi connectivity index (χ2v) is 27.5.